The number of carbonyl (C=O) groups excluding carboxylic acids is 1. The Labute approximate surface area is 116 Å². The van der Waals surface area contributed by atoms with Gasteiger partial charge in [-0.2, -0.15) is 5.26 Å². The summed E-state index contributed by atoms with van der Waals surface area (Å²) in [4.78, 5) is 11.9. The summed E-state index contributed by atoms with van der Waals surface area (Å²) in [6, 6.07) is 8.86. The monoisotopic (exact) mass is 270 g/mol. The van der Waals surface area contributed by atoms with Crippen LogP contribution in [0.2, 0.25) is 0 Å². The van der Waals surface area contributed by atoms with Gasteiger partial charge < -0.3 is 4.74 Å². The number of benzene rings is 1. The molecule has 102 valence electrons. The van der Waals surface area contributed by atoms with Crippen LogP contribution < -0.4 is 0 Å². The zero-order chi connectivity index (χ0) is 14.4. The summed E-state index contributed by atoms with van der Waals surface area (Å²) in [7, 11) is 0. The molecule has 0 saturated carbocycles. The average Bonchev–Trinajstić information content (AvgIpc) is 3.01. The molecule has 1 aromatic carbocycles. The van der Waals surface area contributed by atoms with E-state index in [1.165, 1.54) is 0 Å². The molecule has 2 aromatic rings. The van der Waals surface area contributed by atoms with Gasteiger partial charge in [0.15, 0.2) is 0 Å². The van der Waals surface area contributed by atoms with E-state index in [4.69, 9.17) is 10.00 Å². The van der Waals surface area contributed by atoms with Gasteiger partial charge >= 0.3 is 5.97 Å². The summed E-state index contributed by atoms with van der Waals surface area (Å²) < 4.78 is 6.86. The molecule has 0 unspecified atom stereocenters. The highest BCUT2D eigenvalue weighted by Crippen LogP contribution is 2.12. The predicted octanol–water partition coefficient (Wildman–Crippen LogP) is 2.12. The smallest absolute Gasteiger partial charge is 0.338 e. The fraction of sp³-hybridized carbons (Fsp3) is 0.286. The quantitative estimate of drug-likeness (QED) is 0.777. The highest BCUT2D eigenvalue weighted by atomic mass is 16.5. The molecule has 0 radical (unpaired) electrons. The van der Waals surface area contributed by atoms with Gasteiger partial charge in [0.1, 0.15) is 6.10 Å². The third-order valence-corrected chi connectivity index (χ3v) is 2.84. The van der Waals surface area contributed by atoms with Crippen LogP contribution in [0.3, 0.4) is 0 Å². The van der Waals surface area contributed by atoms with Crippen LogP contribution in [0, 0.1) is 11.3 Å². The Balaban J connectivity index is 2.06. The lowest BCUT2D eigenvalue weighted by atomic mass is 10.2. The van der Waals surface area contributed by atoms with Crippen LogP contribution in [0.4, 0.5) is 0 Å². The molecule has 6 heteroatoms. The van der Waals surface area contributed by atoms with Gasteiger partial charge in [0.05, 0.1) is 36.1 Å². The molecule has 20 heavy (non-hydrogen) atoms. The number of hydrogen-bond donors (Lipinski definition) is 0. The van der Waals surface area contributed by atoms with E-state index in [0.717, 1.165) is 5.69 Å². The number of rotatable bonds is 5. The summed E-state index contributed by atoms with van der Waals surface area (Å²) in [6.07, 6.45) is 3.77. The molecule has 1 atom stereocenters. The van der Waals surface area contributed by atoms with Crippen molar-refractivity contribution in [2.45, 2.75) is 25.9 Å². The molecule has 0 saturated heterocycles. The summed E-state index contributed by atoms with van der Waals surface area (Å²) in [5.41, 5.74) is 1.26. The second-order valence-electron chi connectivity index (χ2n) is 4.19. The first-order chi connectivity index (χ1) is 9.74. The molecule has 1 heterocycles. The normalized spacial score (nSPS) is 11.6. The van der Waals surface area contributed by atoms with Crippen molar-refractivity contribution in [3.05, 3.63) is 42.2 Å². The maximum absolute atomic E-state index is 11.9. The molecular weight excluding hydrogens is 256 g/mol. The van der Waals surface area contributed by atoms with Crippen LogP contribution in [0.1, 0.15) is 30.1 Å². The number of hydrogen-bond acceptors (Lipinski definition) is 5. The molecule has 0 amide bonds. The van der Waals surface area contributed by atoms with Crippen molar-refractivity contribution >= 4 is 5.97 Å². The summed E-state index contributed by atoms with van der Waals surface area (Å²) >= 11 is 0. The van der Waals surface area contributed by atoms with Crippen LogP contribution in [-0.2, 0) is 4.74 Å². The lowest BCUT2D eigenvalue weighted by Crippen LogP contribution is -2.17. The Hall–Kier alpha value is -2.68. The van der Waals surface area contributed by atoms with Gasteiger partial charge in [-0.1, -0.05) is 12.1 Å². The average molecular weight is 270 g/mol. The number of nitrogens with zero attached hydrogens (tertiary/aromatic N) is 4. The SMILES string of the molecule is CC[C@H](CC#N)OC(=O)c1ccc(-n2ccnn2)cc1. The maximum atomic E-state index is 11.9. The van der Waals surface area contributed by atoms with Crippen molar-refractivity contribution < 1.29 is 9.53 Å². The number of nitriles is 1. The van der Waals surface area contributed by atoms with E-state index in [1.54, 1.807) is 41.3 Å². The van der Waals surface area contributed by atoms with Gasteiger partial charge in [0.2, 0.25) is 0 Å². The van der Waals surface area contributed by atoms with E-state index >= 15 is 0 Å². The maximum Gasteiger partial charge on any atom is 0.338 e. The molecule has 1 aromatic heterocycles. The zero-order valence-electron chi connectivity index (χ0n) is 11.1. The summed E-state index contributed by atoms with van der Waals surface area (Å²) in [6.45, 7) is 1.88. The molecule has 0 fully saturated rings. The van der Waals surface area contributed by atoms with Crippen molar-refractivity contribution in [1.29, 1.82) is 5.26 Å². The van der Waals surface area contributed by atoms with E-state index in [9.17, 15) is 4.79 Å². The van der Waals surface area contributed by atoms with E-state index < -0.39 is 5.97 Å². The second kappa shape index (κ2) is 6.48. The van der Waals surface area contributed by atoms with Gasteiger partial charge in [0.25, 0.3) is 0 Å². The Bertz CT molecular complexity index is 599. The topological polar surface area (TPSA) is 80.8 Å². The van der Waals surface area contributed by atoms with Crippen LogP contribution >= 0.6 is 0 Å². The molecule has 0 aliphatic carbocycles. The second-order valence-corrected chi connectivity index (χ2v) is 4.19. The van der Waals surface area contributed by atoms with E-state index in [0.29, 0.717) is 12.0 Å². The first kappa shape index (κ1) is 13.7. The molecular formula is C14H14N4O2. The third-order valence-electron chi connectivity index (χ3n) is 2.84. The van der Waals surface area contributed by atoms with Crippen LogP contribution in [0.25, 0.3) is 5.69 Å². The molecule has 0 bridgehead atoms. The van der Waals surface area contributed by atoms with Crippen molar-refractivity contribution in [3.63, 3.8) is 0 Å². The van der Waals surface area contributed by atoms with E-state index in [1.807, 2.05) is 13.0 Å². The lowest BCUT2D eigenvalue weighted by Gasteiger charge is -2.12. The van der Waals surface area contributed by atoms with Gasteiger partial charge in [-0.25, -0.2) is 9.48 Å². The van der Waals surface area contributed by atoms with Crippen molar-refractivity contribution in [2.24, 2.45) is 0 Å². The number of ether oxygens (including phenoxy) is 1. The van der Waals surface area contributed by atoms with Crippen molar-refractivity contribution in [3.8, 4) is 11.8 Å². The highest BCUT2D eigenvalue weighted by molar-refractivity contribution is 5.89. The standard InChI is InChI=1S/C14H14N4O2/c1-2-13(7-8-15)20-14(19)11-3-5-12(6-4-11)18-10-9-16-17-18/h3-6,9-10,13H,2,7H2,1H3/t13-/m1/s1. The molecule has 0 aliphatic heterocycles. The Kier molecular flexibility index (Phi) is 4.45. The van der Waals surface area contributed by atoms with Crippen molar-refractivity contribution in [2.75, 3.05) is 0 Å². The van der Waals surface area contributed by atoms with Gasteiger partial charge in [-0.15, -0.1) is 5.10 Å². The third kappa shape index (κ3) is 3.20. The minimum absolute atomic E-state index is 0.208. The summed E-state index contributed by atoms with van der Waals surface area (Å²) in [5, 5.41) is 16.2. The van der Waals surface area contributed by atoms with Gasteiger partial charge in [-0.3, -0.25) is 0 Å². The van der Waals surface area contributed by atoms with Crippen LogP contribution in [0.15, 0.2) is 36.7 Å². The van der Waals surface area contributed by atoms with E-state index in [-0.39, 0.29) is 12.5 Å². The van der Waals surface area contributed by atoms with Gasteiger partial charge in [-0.05, 0) is 30.7 Å². The number of aromatic nitrogens is 3. The minimum atomic E-state index is -0.419. The molecule has 0 aliphatic rings. The molecule has 6 nitrogen and oxygen atoms in total. The highest BCUT2D eigenvalue weighted by Gasteiger charge is 2.14. The summed E-state index contributed by atoms with van der Waals surface area (Å²) in [5.74, 6) is -0.419. The Morgan fingerprint density at radius 1 is 1.45 bits per heavy atom. The largest absolute Gasteiger partial charge is 0.458 e. The lowest BCUT2D eigenvalue weighted by molar-refractivity contribution is 0.0304. The molecule has 0 N–H and O–H groups in total. The van der Waals surface area contributed by atoms with Gasteiger partial charge in [0, 0.05) is 0 Å². The van der Waals surface area contributed by atoms with Crippen molar-refractivity contribution in [1.82, 2.24) is 15.0 Å². The first-order valence-corrected chi connectivity index (χ1v) is 6.29. The molecule has 2 rings (SSSR count). The Morgan fingerprint density at radius 3 is 2.75 bits per heavy atom. The van der Waals surface area contributed by atoms with E-state index in [2.05, 4.69) is 10.3 Å². The number of carbonyl (C=O) groups is 1. The molecule has 0 spiro atoms. The zero-order valence-corrected chi connectivity index (χ0v) is 11.1. The van der Waals surface area contributed by atoms with Crippen LogP contribution in [0.5, 0.6) is 0 Å². The fourth-order valence-electron chi connectivity index (χ4n) is 1.69. The predicted molar refractivity (Wildman–Crippen MR) is 71.1 cm³/mol. The van der Waals surface area contributed by atoms with Crippen LogP contribution in [-0.4, -0.2) is 27.1 Å². The minimum Gasteiger partial charge on any atom is -0.458 e. The first-order valence-electron chi connectivity index (χ1n) is 6.29. The Morgan fingerprint density at radius 2 is 2.20 bits per heavy atom. The fourth-order valence-corrected chi connectivity index (χ4v) is 1.69. The number of esters is 1.